The van der Waals surface area contributed by atoms with Crippen molar-refractivity contribution < 1.29 is 0 Å². The minimum absolute atomic E-state index is 0.779. The van der Waals surface area contributed by atoms with E-state index in [4.69, 9.17) is 0 Å². The molecule has 0 heterocycles. The van der Waals surface area contributed by atoms with Gasteiger partial charge in [0.1, 0.15) is 0 Å². The lowest BCUT2D eigenvalue weighted by atomic mass is 9.68. The van der Waals surface area contributed by atoms with Gasteiger partial charge in [-0.15, -0.1) is 0 Å². The number of allylic oxidation sites excluding steroid dienone is 2. The summed E-state index contributed by atoms with van der Waals surface area (Å²) in [5.74, 6) is 4.40. The molecule has 1 nitrogen and oxygen atoms in total. The van der Waals surface area contributed by atoms with Crippen LogP contribution in [0.15, 0.2) is 11.6 Å². The number of rotatable bonds is 8. The molecule has 0 amide bonds. The Morgan fingerprint density at radius 3 is 2.55 bits per heavy atom. The normalized spacial score (nSPS) is 33.6. The van der Waals surface area contributed by atoms with Gasteiger partial charge in [-0.1, -0.05) is 58.6 Å². The average Bonchev–Trinajstić information content (AvgIpc) is 2.52. The Hall–Kier alpha value is -0.300. The summed E-state index contributed by atoms with van der Waals surface area (Å²) in [4.78, 5) is 0. The third-order valence-corrected chi connectivity index (χ3v) is 6.35. The summed E-state index contributed by atoms with van der Waals surface area (Å²) in [6.45, 7) is 13.2. The van der Waals surface area contributed by atoms with Crippen molar-refractivity contribution in [3.05, 3.63) is 11.6 Å². The van der Waals surface area contributed by atoms with Crippen LogP contribution in [0.1, 0.15) is 79.6 Å². The van der Waals surface area contributed by atoms with Crippen LogP contribution in [0.25, 0.3) is 0 Å². The first-order valence-corrected chi connectivity index (χ1v) is 9.84. The topological polar surface area (TPSA) is 12.0 Å². The molecule has 0 fully saturated rings. The van der Waals surface area contributed by atoms with Crippen molar-refractivity contribution in [3.63, 3.8) is 0 Å². The zero-order valence-electron chi connectivity index (χ0n) is 16.1. The molecule has 22 heavy (non-hydrogen) atoms. The van der Waals surface area contributed by atoms with Crippen LogP contribution >= 0.6 is 0 Å². The van der Waals surface area contributed by atoms with Crippen molar-refractivity contribution in [2.75, 3.05) is 13.6 Å². The van der Waals surface area contributed by atoms with Crippen molar-refractivity contribution in [2.24, 2.45) is 29.6 Å². The predicted octanol–water partition coefficient (Wildman–Crippen LogP) is 6.06. The van der Waals surface area contributed by atoms with Crippen LogP contribution in [0.3, 0.4) is 0 Å². The van der Waals surface area contributed by atoms with E-state index in [1.54, 1.807) is 5.57 Å². The van der Waals surface area contributed by atoms with Crippen molar-refractivity contribution in [1.82, 2.24) is 5.32 Å². The molecule has 5 unspecified atom stereocenters. The van der Waals surface area contributed by atoms with Gasteiger partial charge in [0, 0.05) is 0 Å². The lowest BCUT2D eigenvalue weighted by Crippen LogP contribution is -2.29. The lowest BCUT2D eigenvalue weighted by Gasteiger charge is -2.37. The molecule has 0 aromatic heterocycles. The van der Waals surface area contributed by atoms with Crippen LogP contribution in [-0.4, -0.2) is 13.6 Å². The molecule has 1 aliphatic carbocycles. The van der Waals surface area contributed by atoms with Crippen LogP contribution in [0.2, 0.25) is 0 Å². The molecule has 0 bridgehead atoms. The summed E-state index contributed by atoms with van der Waals surface area (Å²) >= 11 is 0. The van der Waals surface area contributed by atoms with Gasteiger partial charge >= 0.3 is 0 Å². The second-order valence-electron chi connectivity index (χ2n) is 7.90. The summed E-state index contributed by atoms with van der Waals surface area (Å²) in [6.07, 6.45) is 12.2. The summed E-state index contributed by atoms with van der Waals surface area (Å²) in [6, 6.07) is 0. The standard InChI is InChI=1S/C21H41N/c1-7-16(3)9-11-20-15-18(5)17(4)10-12-19(13-14-22-6)21(20)8-2/h10,16,18-22H,7-9,11-15H2,1-6H3/b17-10-. The van der Waals surface area contributed by atoms with E-state index in [0.29, 0.717) is 0 Å². The van der Waals surface area contributed by atoms with Gasteiger partial charge in [-0.2, -0.15) is 0 Å². The Morgan fingerprint density at radius 1 is 1.23 bits per heavy atom. The van der Waals surface area contributed by atoms with E-state index in [-0.39, 0.29) is 0 Å². The number of hydrogen-bond donors (Lipinski definition) is 1. The maximum absolute atomic E-state index is 3.37. The Kier molecular flexibility index (Phi) is 9.40. The molecule has 0 aromatic rings. The fraction of sp³-hybridized carbons (Fsp3) is 0.905. The molecule has 0 radical (unpaired) electrons. The zero-order chi connectivity index (χ0) is 16.5. The minimum atomic E-state index is 0.779. The molecule has 0 aliphatic heterocycles. The van der Waals surface area contributed by atoms with Gasteiger partial charge in [0.2, 0.25) is 0 Å². The fourth-order valence-corrected chi connectivity index (χ4v) is 4.28. The van der Waals surface area contributed by atoms with Crippen LogP contribution in [-0.2, 0) is 0 Å². The van der Waals surface area contributed by atoms with E-state index in [2.05, 4.69) is 53.1 Å². The summed E-state index contributed by atoms with van der Waals surface area (Å²) in [7, 11) is 2.09. The van der Waals surface area contributed by atoms with Gasteiger partial charge in [-0.3, -0.25) is 0 Å². The summed E-state index contributed by atoms with van der Waals surface area (Å²) in [5.41, 5.74) is 1.64. The van der Waals surface area contributed by atoms with Gasteiger partial charge in [0.25, 0.3) is 0 Å². The first-order valence-electron chi connectivity index (χ1n) is 9.84. The first-order chi connectivity index (χ1) is 10.5. The molecule has 1 heteroatoms. The smallest absolute Gasteiger partial charge is 0.00491 e. The van der Waals surface area contributed by atoms with Crippen LogP contribution in [0.5, 0.6) is 0 Å². The quantitative estimate of drug-likeness (QED) is 0.538. The average molecular weight is 308 g/mol. The molecule has 1 rings (SSSR count). The lowest BCUT2D eigenvalue weighted by molar-refractivity contribution is 0.162. The van der Waals surface area contributed by atoms with E-state index in [1.807, 2.05) is 0 Å². The fourth-order valence-electron chi connectivity index (χ4n) is 4.28. The Labute approximate surface area is 140 Å². The molecule has 130 valence electrons. The highest BCUT2D eigenvalue weighted by atomic mass is 14.8. The molecule has 5 atom stereocenters. The van der Waals surface area contributed by atoms with Gasteiger partial charge in [0.15, 0.2) is 0 Å². The monoisotopic (exact) mass is 307 g/mol. The zero-order valence-corrected chi connectivity index (χ0v) is 16.1. The predicted molar refractivity (Wildman–Crippen MR) is 100 cm³/mol. The van der Waals surface area contributed by atoms with Crippen molar-refractivity contribution in [1.29, 1.82) is 0 Å². The van der Waals surface area contributed by atoms with E-state index in [0.717, 1.165) is 29.6 Å². The molecule has 0 aromatic carbocycles. The second-order valence-corrected chi connectivity index (χ2v) is 7.90. The third kappa shape index (κ3) is 6.07. The molecule has 0 saturated carbocycles. The van der Waals surface area contributed by atoms with Gasteiger partial charge in [-0.05, 0) is 75.8 Å². The molecular weight excluding hydrogens is 266 g/mol. The van der Waals surface area contributed by atoms with E-state index >= 15 is 0 Å². The van der Waals surface area contributed by atoms with Crippen molar-refractivity contribution in [3.8, 4) is 0 Å². The Balaban J connectivity index is 2.84. The maximum Gasteiger partial charge on any atom is -0.00491 e. The molecule has 1 N–H and O–H groups in total. The molecule has 1 aliphatic rings. The Morgan fingerprint density at radius 2 is 1.95 bits per heavy atom. The van der Waals surface area contributed by atoms with Gasteiger partial charge < -0.3 is 5.32 Å². The van der Waals surface area contributed by atoms with Crippen LogP contribution < -0.4 is 5.32 Å². The maximum atomic E-state index is 3.37. The number of nitrogens with one attached hydrogen (secondary N) is 1. The highest BCUT2D eigenvalue weighted by Crippen LogP contribution is 2.40. The SMILES string of the molecule is CCC(C)CCC1CC(C)/C(C)=C\CC(CCNC)C1CC. The highest BCUT2D eigenvalue weighted by molar-refractivity contribution is 5.05. The van der Waals surface area contributed by atoms with Crippen molar-refractivity contribution in [2.45, 2.75) is 79.6 Å². The largest absolute Gasteiger partial charge is 0.320 e. The molecule has 0 saturated heterocycles. The third-order valence-electron chi connectivity index (χ3n) is 6.35. The minimum Gasteiger partial charge on any atom is -0.320 e. The van der Waals surface area contributed by atoms with Gasteiger partial charge in [-0.25, -0.2) is 0 Å². The Bertz CT molecular complexity index is 320. The van der Waals surface area contributed by atoms with E-state index < -0.39 is 0 Å². The first kappa shape index (κ1) is 19.7. The highest BCUT2D eigenvalue weighted by Gasteiger charge is 2.30. The van der Waals surface area contributed by atoms with Crippen LogP contribution in [0.4, 0.5) is 0 Å². The van der Waals surface area contributed by atoms with E-state index in [9.17, 15) is 0 Å². The second kappa shape index (κ2) is 10.5. The number of hydrogen-bond acceptors (Lipinski definition) is 1. The van der Waals surface area contributed by atoms with Crippen molar-refractivity contribution >= 4 is 0 Å². The van der Waals surface area contributed by atoms with Crippen LogP contribution in [0, 0.1) is 29.6 Å². The summed E-state index contributed by atoms with van der Waals surface area (Å²) in [5, 5.41) is 3.37. The van der Waals surface area contributed by atoms with E-state index in [1.165, 1.54) is 51.5 Å². The summed E-state index contributed by atoms with van der Waals surface area (Å²) < 4.78 is 0. The van der Waals surface area contributed by atoms with Gasteiger partial charge in [0.05, 0.1) is 0 Å². The molecule has 0 spiro atoms. The molecular formula is C21H41N.